The molecule has 2 aromatic rings. The molecule has 0 amide bonds. The van der Waals surface area contributed by atoms with Gasteiger partial charge >= 0.3 is 5.69 Å². The third-order valence-corrected chi connectivity index (χ3v) is 4.12. The summed E-state index contributed by atoms with van der Waals surface area (Å²) in [7, 11) is 0. The van der Waals surface area contributed by atoms with Crippen molar-refractivity contribution in [2.45, 2.75) is 38.7 Å². The molecule has 128 valence electrons. The lowest BCUT2D eigenvalue weighted by atomic mass is 10.1. The number of aromatic nitrogens is 2. The molecule has 2 N–H and O–H groups in total. The minimum Gasteiger partial charge on any atom is -0.487 e. The van der Waals surface area contributed by atoms with Gasteiger partial charge in [-0.15, -0.1) is 0 Å². The fourth-order valence-electron chi connectivity index (χ4n) is 2.75. The summed E-state index contributed by atoms with van der Waals surface area (Å²) in [6.07, 6.45) is 0.330. The van der Waals surface area contributed by atoms with Crippen LogP contribution >= 0.6 is 0 Å². The molecule has 0 radical (unpaired) electrons. The molecule has 0 bridgehead atoms. The van der Waals surface area contributed by atoms with Gasteiger partial charge in [-0.05, 0) is 26.0 Å². The van der Waals surface area contributed by atoms with Crippen molar-refractivity contribution in [2.75, 3.05) is 6.61 Å². The Morgan fingerprint density at radius 3 is 2.67 bits per heavy atom. The number of nitrogens with zero attached hydrogens (tertiary/aromatic N) is 1. The van der Waals surface area contributed by atoms with Gasteiger partial charge < -0.3 is 14.6 Å². The Kier molecular flexibility index (Phi) is 4.55. The number of hydrogen-bond donors (Lipinski definition) is 2. The first kappa shape index (κ1) is 16.5. The largest absolute Gasteiger partial charge is 0.487 e. The lowest BCUT2D eigenvalue weighted by molar-refractivity contribution is -0.0422. The van der Waals surface area contributed by atoms with Crippen LogP contribution in [-0.4, -0.2) is 33.5 Å². The molecule has 0 spiro atoms. The predicted octanol–water partition coefficient (Wildman–Crippen LogP) is 0.881. The first-order valence-corrected chi connectivity index (χ1v) is 7.79. The van der Waals surface area contributed by atoms with Crippen LogP contribution in [0.1, 0.15) is 23.8 Å². The van der Waals surface area contributed by atoms with E-state index in [1.54, 1.807) is 6.92 Å². The molecule has 3 atom stereocenters. The average molecular weight is 332 g/mol. The minimum absolute atomic E-state index is 0.218. The molecule has 1 saturated heterocycles. The van der Waals surface area contributed by atoms with Gasteiger partial charge in [0, 0.05) is 18.2 Å². The summed E-state index contributed by atoms with van der Waals surface area (Å²) in [4.78, 5) is 25.7. The van der Waals surface area contributed by atoms with E-state index in [0.29, 0.717) is 17.7 Å². The van der Waals surface area contributed by atoms with E-state index in [4.69, 9.17) is 9.47 Å². The topological polar surface area (TPSA) is 93.6 Å². The van der Waals surface area contributed by atoms with Crippen LogP contribution in [-0.2, 0) is 4.74 Å². The SMILES string of the molecule is Cc1ccc(O[C@H]2C[C@H](n3cc(C)c(=O)[nH]c3=O)O[C@@H]2CO)cc1. The Hall–Kier alpha value is -2.38. The Labute approximate surface area is 138 Å². The van der Waals surface area contributed by atoms with Crippen molar-refractivity contribution in [1.29, 1.82) is 0 Å². The normalized spacial score (nSPS) is 23.4. The van der Waals surface area contributed by atoms with Crippen LogP contribution in [0.3, 0.4) is 0 Å². The number of hydrogen-bond acceptors (Lipinski definition) is 5. The predicted molar refractivity (Wildman–Crippen MR) is 87.3 cm³/mol. The smallest absolute Gasteiger partial charge is 0.330 e. The zero-order chi connectivity index (χ0) is 17.3. The molecule has 1 aliphatic heterocycles. The van der Waals surface area contributed by atoms with Crippen molar-refractivity contribution in [1.82, 2.24) is 9.55 Å². The van der Waals surface area contributed by atoms with E-state index in [1.165, 1.54) is 10.8 Å². The minimum atomic E-state index is -0.597. The van der Waals surface area contributed by atoms with E-state index in [0.717, 1.165) is 5.56 Å². The number of aliphatic hydroxyl groups is 1. The van der Waals surface area contributed by atoms with Gasteiger partial charge in [0.2, 0.25) is 0 Å². The summed E-state index contributed by atoms with van der Waals surface area (Å²) >= 11 is 0. The van der Waals surface area contributed by atoms with Crippen LogP contribution in [0.15, 0.2) is 40.1 Å². The van der Waals surface area contributed by atoms with Crippen molar-refractivity contribution >= 4 is 0 Å². The number of aliphatic hydroxyl groups excluding tert-OH is 1. The molecular formula is C17H20N2O5. The van der Waals surface area contributed by atoms with E-state index in [2.05, 4.69) is 4.98 Å². The highest BCUT2D eigenvalue weighted by Crippen LogP contribution is 2.30. The van der Waals surface area contributed by atoms with Crippen molar-refractivity contribution in [3.63, 3.8) is 0 Å². The van der Waals surface area contributed by atoms with E-state index in [-0.39, 0.29) is 12.7 Å². The summed E-state index contributed by atoms with van der Waals surface area (Å²) in [6, 6.07) is 7.58. The molecule has 1 fully saturated rings. The van der Waals surface area contributed by atoms with Crippen LogP contribution in [0.5, 0.6) is 5.75 Å². The maximum atomic E-state index is 12.0. The monoisotopic (exact) mass is 332 g/mol. The van der Waals surface area contributed by atoms with Gasteiger partial charge in [0.05, 0.1) is 6.61 Å². The van der Waals surface area contributed by atoms with Crippen LogP contribution in [0.2, 0.25) is 0 Å². The number of nitrogens with one attached hydrogen (secondary N) is 1. The highest BCUT2D eigenvalue weighted by Gasteiger charge is 2.38. The van der Waals surface area contributed by atoms with Gasteiger partial charge in [-0.2, -0.15) is 0 Å². The highest BCUT2D eigenvalue weighted by atomic mass is 16.6. The van der Waals surface area contributed by atoms with Gasteiger partial charge in [0.1, 0.15) is 24.2 Å². The molecule has 0 unspecified atom stereocenters. The van der Waals surface area contributed by atoms with Crippen molar-refractivity contribution < 1.29 is 14.6 Å². The maximum Gasteiger partial charge on any atom is 0.330 e. The number of benzene rings is 1. The first-order chi connectivity index (χ1) is 11.5. The molecule has 7 nitrogen and oxygen atoms in total. The molecule has 1 aromatic carbocycles. The van der Waals surface area contributed by atoms with Gasteiger partial charge in [-0.3, -0.25) is 14.3 Å². The van der Waals surface area contributed by atoms with E-state index < -0.39 is 23.6 Å². The van der Waals surface area contributed by atoms with Crippen molar-refractivity contribution in [3.8, 4) is 5.75 Å². The summed E-state index contributed by atoms with van der Waals surface area (Å²) in [6.45, 7) is 3.39. The zero-order valence-electron chi connectivity index (χ0n) is 13.6. The number of H-pyrrole nitrogens is 1. The summed E-state index contributed by atoms with van der Waals surface area (Å²) in [5.74, 6) is 0.679. The van der Waals surface area contributed by atoms with Crippen LogP contribution in [0, 0.1) is 13.8 Å². The third kappa shape index (κ3) is 3.27. The summed E-state index contributed by atoms with van der Waals surface area (Å²) in [5, 5.41) is 9.54. The second kappa shape index (κ2) is 6.62. The number of aryl methyl sites for hydroxylation is 2. The van der Waals surface area contributed by atoms with Gasteiger partial charge in [-0.25, -0.2) is 4.79 Å². The molecular weight excluding hydrogens is 312 g/mol. The number of ether oxygens (including phenoxy) is 2. The fraction of sp³-hybridized carbons (Fsp3) is 0.412. The van der Waals surface area contributed by atoms with Crippen LogP contribution in [0.4, 0.5) is 0 Å². The molecule has 7 heteroatoms. The molecule has 0 saturated carbocycles. The molecule has 24 heavy (non-hydrogen) atoms. The second-order valence-electron chi connectivity index (χ2n) is 6.00. The van der Waals surface area contributed by atoms with Gasteiger partial charge in [-0.1, -0.05) is 17.7 Å². The highest BCUT2D eigenvalue weighted by molar-refractivity contribution is 5.26. The first-order valence-electron chi connectivity index (χ1n) is 7.79. The number of rotatable bonds is 4. The Balaban J connectivity index is 1.81. The lowest BCUT2D eigenvalue weighted by Crippen LogP contribution is -2.33. The van der Waals surface area contributed by atoms with E-state index in [1.807, 2.05) is 31.2 Å². The van der Waals surface area contributed by atoms with Gasteiger partial charge in [0.15, 0.2) is 0 Å². The fourth-order valence-corrected chi connectivity index (χ4v) is 2.75. The molecule has 0 aliphatic carbocycles. The average Bonchev–Trinajstić information content (AvgIpc) is 2.96. The second-order valence-corrected chi connectivity index (χ2v) is 6.00. The third-order valence-electron chi connectivity index (χ3n) is 4.12. The number of aromatic amines is 1. The molecule has 3 rings (SSSR count). The molecule has 2 heterocycles. The molecule has 1 aliphatic rings. The standard InChI is InChI=1S/C17H20N2O5/c1-10-3-5-12(6-4-10)23-13-7-15(24-14(13)9-20)19-8-11(2)16(21)18-17(19)22/h3-6,8,13-15,20H,7,9H2,1-2H3,(H,18,21,22)/t13-,14+,15+/m0/s1. The van der Waals surface area contributed by atoms with Gasteiger partial charge in [0.25, 0.3) is 5.56 Å². The van der Waals surface area contributed by atoms with Crippen LogP contribution in [0.25, 0.3) is 0 Å². The van der Waals surface area contributed by atoms with E-state index >= 15 is 0 Å². The summed E-state index contributed by atoms with van der Waals surface area (Å²) < 4.78 is 13.0. The van der Waals surface area contributed by atoms with Crippen molar-refractivity contribution in [2.24, 2.45) is 0 Å². The Morgan fingerprint density at radius 1 is 1.29 bits per heavy atom. The lowest BCUT2D eigenvalue weighted by Gasteiger charge is -2.17. The maximum absolute atomic E-state index is 12.0. The van der Waals surface area contributed by atoms with Crippen molar-refractivity contribution in [3.05, 3.63) is 62.4 Å². The summed E-state index contributed by atoms with van der Waals surface area (Å²) in [5.41, 5.74) is 0.585. The van der Waals surface area contributed by atoms with E-state index in [9.17, 15) is 14.7 Å². The zero-order valence-corrected chi connectivity index (χ0v) is 13.6. The Morgan fingerprint density at radius 2 is 2.00 bits per heavy atom. The quantitative estimate of drug-likeness (QED) is 0.867. The van der Waals surface area contributed by atoms with Crippen LogP contribution < -0.4 is 16.0 Å². The Bertz CT molecular complexity index is 824. The molecule has 1 aromatic heterocycles.